The predicted octanol–water partition coefficient (Wildman–Crippen LogP) is 3.26. The number of aromatic nitrogens is 4. The highest BCUT2D eigenvalue weighted by atomic mass is 35.5. The van der Waals surface area contributed by atoms with Crippen LogP contribution in [0.25, 0.3) is 0 Å². The van der Waals surface area contributed by atoms with Crippen LogP contribution in [0.4, 0.5) is 5.82 Å². The molecule has 132 valence electrons. The number of carbonyl (C=O) groups excluding carboxylic acids is 1. The molecular formula is C17H14Cl2N6O. The number of carbonyl (C=O) groups is 1. The molecule has 2 aromatic heterocycles. The van der Waals surface area contributed by atoms with Gasteiger partial charge in [-0.25, -0.2) is 9.98 Å². The quantitative estimate of drug-likeness (QED) is 0.653. The third-order valence-electron chi connectivity index (χ3n) is 3.52. The highest BCUT2D eigenvalue weighted by Gasteiger charge is 2.18. The van der Waals surface area contributed by atoms with Crippen molar-refractivity contribution >= 4 is 41.1 Å². The molecule has 3 N–H and O–H groups in total. The molecular weight excluding hydrogens is 375 g/mol. The number of primary amides is 1. The number of nitrogens with zero attached hydrogens (tertiary/aromatic N) is 4. The van der Waals surface area contributed by atoms with Gasteiger partial charge in [0.1, 0.15) is 11.3 Å². The van der Waals surface area contributed by atoms with Crippen LogP contribution in [0.5, 0.6) is 0 Å². The lowest BCUT2D eigenvalue weighted by molar-refractivity contribution is 0.100. The maximum atomic E-state index is 11.9. The van der Waals surface area contributed by atoms with Crippen LogP contribution < -0.4 is 5.73 Å². The molecule has 7 nitrogen and oxygen atoms in total. The second-order valence-electron chi connectivity index (χ2n) is 5.52. The van der Waals surface area contributed by atoms with E-state index in [9.17, 15) is 4.79 Å². The number of hydrogen-bond donors (Lipinski definition) is 2. The second-order valence-corrected chi connectivity index (χ2v) is 6.31. The van der Waals surface area contributed by atoms with E-state index in [1.807, 2.05) is 12.1 Å². The summed E-state index contributed by atoms with van der Waals surface area (Å²) >= 11 is 12.0. The maximum absolute atomic E-state index is 11.9. The molecule has 0 bridgehead atoms. The van der Waals surface area contributed by atoms with Crippen molar-refractivity contribution in [2.75, 3.05) is 0 Å². The number of hydrogen-bond acceptors (Lipinski definition) is 5. The van der Waals surface area contributed by atoms with Crippen molar-refractivity contribution < 1.29 is 4.79 Å². The van der Waals surface area contributed by atoms with Crippen LogP contribution in [0.3, 0.4) is 0 Å². The lowest BCUT2D eigenvalue weighted by Crippen LogP contribution is -2.13. The van der Waals surface area contributed by atoms with Gasteiger partial charge in [-0.1, -0.05) is 35.3 Å². The van der Waals surface area contributed by atoms with Gasteiger partial charge in [-0.15, -0.1) is 0 Å². The van der Waals surface area contributed by atoms with Gasteiger partial charge in [0.15, 0.2) is 11.0 Å². The number of aryl methyl sites for hydroxylation is 1. The minimum Gasteiger partial charge on any atom is -0.365 e. The summed E-state index contributed by atoms with van der Waals surface area (Å²) in [5.74, 6) is -0.475. The molecule has 0 saturated heterocycles. The van der Waals surface area contributed by atoms with Crippen molar-refractivity contribution in [2.45, 2.75) is 13.3 Å². The molecule has 2 heterocycles. The standard InChI is InChI=1S/C17H14Cl2N6O/c1-9-7-21-13(15(19)23-9)8-22-17-14(16(20)26)12(24-25-17)6-10-3-2-4-11(18)5-10/h2-5,7-8H,6H2,1H3,(H2,20,26)(H,24,25). The van der Waals surface area contributed by atoms with Gasteiger partial charge in [0.25, 0.3) is 5.91 Å². The highest BCUT2D eigenvalue weighted by Crippen LogP contribution is 2.23. The molecule has 0 fully saturated rings. The molecule has 0 aliphatic carbocycles. The zero-order valence-corrected chi connectivity index (χ0v) is 15.2. The number of rotatable bonds is 5. The molecule has 0 aliphatic heterocycles. The fourth-order valence-corrected chi connectivity index (χ4v) is 2.81. The van der Waals surface area contributed by atoms with Crippen molar-refractivity contribution in [3.8, 4) is 0 Å². The molecule has 3 aromatic rings. The van der Waals surface area contributed by atoms with E-state index in [-0.39, 0.29) is 16.5 Å². The Balaban J connectivity index is 1.92. The average Bonchev–Trinajstić information content (AvgIpc) is 2.97. The normalized spacial score (nSPS) is 11.2. The van der Waals surface area contributed by atoms with E-state index in [0.717, 1.165) is 5.56 Å². The third-order valence-corrected chi connectivity index (χ3v) is 4.04. The van der Waals surface area contributed by atoms with E-state index in [0.29, 0.717) is 28.5 Å². The lowest BCUT2D eigenvalue weighted by atomic mass is 10.1. The molecule has 26 heavy (non-hydrogen) atoms. The number of aliphatic imine (C=N–C) groups is 1. The molecule has 0 aliphatic rings. The molecule has 0 radical (unpaired) electrons. The molecule has 1 aromatic carbocycles. The summed E-state index contributed by atoms with van der Waals surface area (Å²) in [5.41, 5.74) is 8.23. The van der Waals surface area contributed by atoms with Crippen molar-refractivity contribution in [2.24, 2.45) is 10.7 Å². The molecule has 0 spiro atoms. The fraction of sp³-hybridized carbons (Fsp3) is 0.118. The third kappa shape index (κ3) is 4.07. The molecule has 1 amide bonds. The van der Waals surface area contributed by atoms with E-state index in [1.165, 1.54) is 6.21 Å². The van der Waals surface area contributed by atoms with Gasteiger partial charge in [0, 0.05) is 17.6 Å². The summed E-state index contributed by atoms with van der Waals surface area (Å²) in [5, 5.41) is 7.69. The van der Waals surface area contributed by atoms with Crippen LogP contribution in [-0.2, 0) is 6.42 Å². The minimum absolute atomic E-state index is 0.160. The van der Waals surface area contributed by atoms with Gasteiger partial charge in [-0.05, 0) is 24.6 Å². The summed E-state index contributed by atoms with van der Waals surface area (Å²) < 4.78 is 0. The number of aromatic amines is 1. The van der Waals surface area contributed by atoms with Gasteiger partial charge in [0.05, 0.1) is 17.6 Å². The van der Waals surface area contributed by atoms with Crippen LogP contribution in [0.15, 0.2) is 35.5 Å². The van der Waals surface area contributed by atoms with Crippen molar-refractivity contribution in [3.05, 3.63) is 68.8 Å². The molecule has 0 saturated carbocycles. The van der Waals surface area contributed by atoms with E-state index in [1.54, 1.807) is 25.3 Å². The zero-order valence-electron chi connectivity index (χ0n) is 13.7. The second kappa shape index (κ2) is 7.63. The first-order chi connectivity index (χ1) is 12.4. The Morgan fingerprint density at radius 3 is 2.88 bits per heavy atom. The number of H-pyrrole nitrogens is 1. The maximum Gasteiger partial charge on any atom is 0.254 e. The number of amides is 1. The SMILES string of the molecule is Cc1cnc(C=Nc2n[nH]c(Cc3cccc(Cl)c3)c2C(N)=O)c(Cl)n1. The van der Waals surface area contributed by atoms with Crippen LogP contribution in [-0.4, -0.2) is 32.3 Å². The van der Waals surface area contributed by atoms with Crippen LogP contribution >= 0.6 is 23.2 Å². The fourth-order valence-electron chi connectivity index (χ4n) is 2.36. The highest BCUT2D eigenvalue weighted by molar-refractivity contribution is 6.31. The molecule has 3 rings (SSSR count). The predicted molar refractivity (Wildman–Crippen MR) is 100 cm³/mol. The topological polar surface area (TPSA) is 110 Å². The van der Waals surface area contributed by atoms with Gasteiger partial charge in [-0.3, -0.25) is 14.9 Å². The monoisotopic (exact) mass is 388 g/mol. The number of benzene rings is 1. The summed E-state index contributed by atoms with van der Waals surface area (Å²) in [6, 6.07) is 7.30. The largest absolute Gasteiger partial charge is 0.365 e. The minimum atomic E-state index is -0.635. The first-order valence-electron chi connectivity index (χ1n) is 7.58. The van der Waals surface area contributed by atoms with Crippen LogP contribution in [0.1, 0.15) is 33.0 Å². The average molecular weight is 389 g/mol. The Labute approximate surface area is 159 Å². The van der Waals surface area contributed by atoms with Gasteiger partial charge in [0.2, 0.25) is 0 Å². The van der Waals surface area contributed by atoms with Crippen molar-refractivity contribution in [1.82, 2.24) is 20.2 Å². The van der Waals surface area contributed by atoms with E-state index in [4.69, 9.17) is 28.9 Å². The van der Waals surface area contributed by atoms with E-state index >= 15 is 0 Å². The summed E-state index contributed by atoms with van der Waals surface area (Å²) in [6.45, 7) is 1.78. The smallest absolute Gasteiger partial charge is 0.254 e. The van der Waals surface area contributed by atoms with Gasteiger partial charge >= 0.3 is 0 Å². The lowest BCUT2D eigenvalue weighted by Gasteiger charge is -2.02. The number of halogens is 2. The summed E-state index contributed by atoms with van der Waals surface area (Å²) in [6.07, 6.45) is 3.37. The Bertz CT molecular complexity index is 999. The first kappa shape index (κ1) is 18.0. The van der Waals surface area contributed by atoms with Crippen molar-refractivity contribution in [1.29, 1.82) is 0 Å². The Morgan fingerprint density at radius 1 is 1.38 bits per heavy atom. The Kier molecular flexibility index (Phi) is 5.29. The van der Waals surface area contributed by atoms with Gasteiger partial charge in [-0.2, -0.15) is 5.10 Å². The van der Waals surface area contributed by atoms with Crippen LogP contribution in [0.2, 0.25) is 10.2 Å². The number of nitrogens with two attached hydrogens (primary N) is 1. The van der Waals surface area contributed by atoms with Crippen molar-refractivity contribution in [3.63, 3.8) is 0 Å². The summed E-state index contributed by atoms with van der Waals surface area (Å²) in [7, 11) is 0. The first-order valence-corrected chi connectivity index (χ1v) is 8.34. The zero-order chi connectivity index (χ0) is 18.7. The number of nitrogens with one attached hydrogen (secondary N) is 1. The summed E-state index contributed by atoms with van der Waals surface area (Å²) in [4.78, 5) is 24.3. The Morgan fingerprint density at radius 2 is 2.19 bits per heavy atom. The van der Waals surface area contributed by atoms with Crippen LogP contribution in [0, 0.1) is 6.92 Å². The molecule has 0 unspecified atom stereocenters. The Hall–Kier alpha value is -2.77. The van der Waals surface area contributed by atoms with E-state index in [2.05, 4.69) is 25.2 Å². The van der Waals surface area contributed by atoms with E-state index < -0.39 is 5.91 Å². The molecule has 0 atom stereocenters. The molecule has 9 heteroatoms. The van der Waals surface area contributed by atoms with Gasteiger partial charge < -0.3 is 5.73 Å².